The van der Waals surface area contributed by atoms with Crippen molar-refractivity contribution in [2.75, 3.05) is 23.7 Å². The predicted molar refractivity (Wildman–Crippen MR) is 73.3 cm³/mol. The topological polar surface area (TPSA) is 80.5 Å². The average molecular weight is 284 g/mol. The second kappa shape index (κ2) is 4.80. The van der Waals surface area contributed by atoms with Crippen LogP contribution in [0.3, 0.4) is 0 Å². The number of non-ortho nitro benzene ring substituents is 1. The maximum absolute atomic E-state index is 11.7. The van der Waals surface area contributed by atoms with Crippen molar-refractivity contribution in [1.82, 2.24) is 0 Å². The number of sulfone groups is 1. The summed E-state index contributed by atoms with van der Waals surface area (Å²) in [7, 11) is -2.99. The summed E-state index contributed by atoms with van der Waals surface area (Å²) in [4.78, 5) is 12.2. The minimum absolute atomic E-state index is 0.0546. The van der Waals surface area contributed by atoms with Gasteiger partial charge < -0.3 is 4.90 Å². The number of nitrogens with zero attached hydrogens (tertiary/aromatic N) is 2. The molecule has 2 rings (SSSR count). The van der Waals surface area contributed by atoms with E-state index in [1.54, 1.807) is 19.9 Å². The Morgan fingerprint density at radius 1 is 1.42 bits per heavy atom. The molecule has 1 aliphatic heterocycles. The first-order valence-electron chi connectivity index (χ1n) is 6.03. The number of hydrogen-bond donors (Lipinski definition) is 0. The first-order valence-corrected chi connectivity index (χ1v) is 7.74. The molecule has 0 saturated carbocycles. The highest BCUT2D eigenvalue weighted by molar-refractivity contribution is 7.92. The van der Waals surface area contributed by atoms with E-state index >= 15 is 0 Å². The minimum atomic E-state index is -2.99. The van der Waals surface area contributed by atoms with Crippen LogP contribution in [-0.2, 0) is 9.84 Å². The molecule has 0 bridgehead atoms. The summed E-state index contributed by atoms with van der Waals surface area (Å²) < 4.78 is 23.3. The van der Waals surface area contributed by atoms with Crippen molar-refractivity contribution < 1.29 is 13.3 Å². The third-order valence-electron chi connectivity index (χ3n) is 3.47. The molecule has 1 aliphatic rings. The van der Waals surface area contributed by atoms with Gasteiger partial charge in [-0.2, -0.15) is 0 Å². The third kappa shape index (κ3) is 2.70. The highest BCUT2D eigenvalue weighted by Gasteiger charge is 2.30. The zero-order chi connectivity index (χ0) is 14.2. The fraction of sp³-hybridized carbons (Fsp3) is 0.500. The van der Waals surface area contributed by atoms with Gasteiger partial charge in [0.15, 0.2) is 9.84 Å². The van der Waals surface area contributed by atoms with E-state index < -0.39 is 20.0 Å². The number of anilines is 1. The van der Waals surface area contributed by atoms with E-state index in [0.717, 1.165) is 11.3 Å². The molecular formula is C12H16N2O4S. The molecule has 0 spiro atoms. The Balaban J connectivity index is 2.27. The molecule has 0 N–H and O–H groups in total. The lowest BCUT2D eigenvalue weighted by atomic mass is 10.1. The lowest BCUT2D eigenvalue weighted by Crippen LogP contribution is -2.45. The summed E-state index contributed by atoms with van der Waals surface area (Å²) in [5.74, 6) is 0.130. The van der Waals surface area contributed by atoms with Gasteiger partial charge in [0.1, 0.15) is 0 Å². The average Bonchev–Trinajstić information content (AvgIpc) is 2.33. The Bertz CT molecular complexity index is 612. The standard InChI is InChI=1S/C12H16N2O4S/c1-9-7-11(14(15)16)3-4-12(9)13-5-6-19(17,18)10(2)8-13/h3-4,7,10H,5-6,8H2,1-2H3. The number of benzene rings is 1. The second-order valence-electron chi connectivity index (χ2n) is 4.85. The van der Waals surface area contributed by atoms with Gasteiger partial charge in [-0.25, -0.2) is 8.42 Å². The SMILES string of the molecule is Cc1cc([N+](=O)[O-])ccc1N1CCS(=O)(=O)C(C)C1. The largest absolute Gasteiger partial charge is 0.369 e. The number of nitro benzene ring substituents is 1. The molecule has 6 nitrogen and oxygen atoms in total. The molecule has 0 aromatic heterocycles. The fourth-order valence-electron chi connectivity index (χ4n) is 2.28. The van der Waals surface area contributed by atoms with Crippen molar-refractivity contribution in [3.63, 3.8) is 0 Å². The summed E-state index contributed by atoms with van der Waals surface area (Å²) in [6, 6.07) is 4.66. The summed E-state index contributed by atoms with van der Waals surface area (Å²) >= 11 is 0. The lowest BCUT2D eigenvalue weighted by molar-refractivity contribution is -0.384. The zero-order valence-corrected chi connectivity index (χ0v) is 11.7. The van der Waals surface area contributed by atoms with Gasteiger partial charge in [-0.05, 0) is 25.5 Å². The van der Waals surface area contributed by atoms with E-state index in [9.17, 15) is 18.5 Å². The molecule has 1 saturated heterocycles. The summed E-state index contributed by atoms with van der Waals surface area (Å²) in [6.45, 7) is 4.37. The molecule has 1 fully saturated rings. The molecular weight excluding hydrogens is 268 g/mol. The Morgan fingerprint density at radius 3 is 2.63 bits per heavy atom. The van der Waals surface area contributed by atoms with Crippen molar-refractivity contribution in [1.29, 1.82) is 0 Å². The van der Waals surface area contributed by atoms with Gasteiger partial charge in [-0.1, -0.05) is 0 Å². The third-order valence-corrected chi connectivity index (χ3v) is 5.59. The Kier molecular flexibility index (Phi) is 3.49. The number of hydrogen-bond acceptors (Lipinski definition) is 5. The van der Waals surface area contributed by atoms with E-state index in [4.69, 9.17) is 0 Å². The maximum Gasteiger partial charge on any atom is 0.269 e. The first kappa shape index (κ1) is 13.8. The van der Waals surface area contributed by atoms with Crippen LogP contribution in [0.2, 0.25) is 0 Å². The van der Waals surface area contributed by atoms with E-state index in [1.807, 2.05) is 4.90 Å². The minimum Gasteiger partial charge on any atom is -0.369 e. The van der Waals surface area contributed by atoms with Crippen LogP contribution in [0.1, 0.15) is 12.5 Å². The molecule has 1 heterocycles. The van der Waals surface area contributed by atoms with Crippen LogP contribution >= 0.6 is 0 Å². The number of nitro groups is 1. The van der Waals surface area contributed by atoms with E-state index in [-0.39, 0.29) is 11.4 Å². The normalized spacial score (nSPS) is 22.2. The van der Waals surface area contributed by atoms with Gasteiger partial charge in [-0.3, -0.25) is 10.1 Å². The van der Waals surface area contributed by atoms with Crippen LogP contribution in [0.25, 0.3) is 0 Å². The maximum atomic E-state index is 11.7. The Labute approximate surface area is 112 Å². The van der Waals surface area contributed by atoms with Crippen molar-refractivity contribution in [3.05, 3.63) is 33.9 Å². The predicted octanol–water partition coefficient (Wildman–Crippen LogP) is 1.53. The smallest absolute Gasteiger partial charge is 0.269 e. The van der Waals surface area contributed by atoms with Crippen LogP contribution in [-0.4, -0.2) is 37.4 Å². The van der Waals surface area contributed by atoms with Crippen LogP contribution in [0.5, 0.6) is 0 Å². The zero-order valence-electron chi connectivity index (χ0n) is 10.9. The van der Waals surface area contributed by atoms with Crippen molar-refractivity contribution >= 4 is 21.2 Å². The molecule has 1 unspecified atom stereocenters. The summed E-state index contributed by atoms with van der Waals surface area (Å²) in [5, 5.41) is 10.3. The van der Waals surface area contributed by atoms with E-state index in [1.165, 1.54) is 12.1 Å². The van der Waals surface area contributed by atoms with Crippen molar-refractivity contribution in [2.24, 2.45) is 0 Å². The van der Waals surface area contributed by atoms with Gasteiger partial charge in [-0.15, -0.1) is 0 Å². The van der Waals surface area contributed by atoms with E-state index in [2.05, 4.69) is 0 Å². The van der Waals surface area contributed by atoms with Crippen molar-refractivity contribution in [2.45, 2.75) is 19.1 Å². The van der Waals surface area contributed by atoms with Gasteiger partial charge in [0.05, 0.1) is 15.9 Å². The van der Waals surface area contributed by atoms with Crippen LogP contribution in [0, 0.1) is 17.0 Å². The molecule has 0 amide bonds. The van der Waals surface area contributed by atoms with Crippen LogP contribution < -0.4 is 4.90 Å². The van der Waals surface area contributed by atoms with Gasteiger partial charge >= 0.3 is 0 Å². The van der Waals surface area contributed by atoms with Gasteiger partial charge in [0.2, 0.25) is 0 Å². The van der Waals surface area contributed by atoms with Crippen molar-refractivity contribution in [3.8, 4) is 0 Å². The molecule has 0 radical (unpaired) electrons. The van der Waals surface area contributed by atoms with Crippen LogP contribution in [0.4, 0.5) is 11.4 Å². The summed E-state index contributed by atoms with van der Waals surface area (Å²) in [5.41, 5.74) is 1.71. The lowest BCUT2D eigenvalue weighted by Gasteiger charge is -2.33. The Morgan fingerprint density at radius 2 is 2.11 bits per heavy atom. The molecule has 104 valence electrons. The fourth-order valence-corrected chi connectivity index (χ4v) is 3.56. The first-order chi connectivity index (χ1) is 8.81. The molecule has 19 heavy (non-hydrogen) atoms. The quantitative estimate of drug-likeness (QED) is 0.607. The van der Waals surface area contributed by atoms with Crippen LogP contribution in [0.15, 0.2) is 18.2 Å². The molecule has 1 aromatic rings. The molecule has 1 aromatic carbocycles. The number of aryl methyl sites for hydroxylation is 1. The highest BCUT2D eigenvalue weighted by Crippen LogP contribution is 2.27. The van der Waals surface area contributed by atoms with Gasteiger partial charge in [0, 0.05) is 30.9 Å². The van der Waals surface area contributed by atoms with E-state index in [0.29, 0.717) is 13.1 Å². The monoisotopic (exact) mass is 284 g/mol. The second-order valence-corrected chi connectivity index (χ2v) is 7.39. The van der Waals surface area contributed by atoms with Gasteiger partial charge in [0.25, 0.3) is 5.69 Å². The molecule has 1 atom stereocenters. The molecule has 0 aliphatic carbocycles. The highest BCUT2D eigenvalue weighted by atomic mass is 32.2. The molecule has 7 heteroatoms. The summed E-state index contributed by atoms with van der Waals surface area (Å²) in [6.07, 6.45) is 0. The number of rotatable bonds is 2. The Hall–Kier alpha value is -1.63.